The van der Waals surface area contributed by atoms with Gasteiger partial charge >= 0.3 is 0 Å². The van der Waals surface area contributed by atoms with E-state index in [1.165, 1.54) is 55.2 Å². The van der Waals surface area contributed by atoms with Crippen LogP contribution in [0.25, 0.3) is 0 Å². The molecule has 112 valence electrons. The van der Waals surface area contributed by atoms with Crippen LogP contribution in [0.3, 0.4) is 0 Å². The van der Waals surface area contributed by atoms with E-state index >= 15 is 0 Å². The Balaban J connectivity index is 1.99. The highest BCUT2D eigenvalue weighted by molar-refractivity contribution is 5.32. The van der Waals surface area contributed by atoms with Gasteiger partial charge in [0, 0.05) is 12.1 Å². The molecule has 1 aliphatic carbocycles. The molecule has 0 aliphatic heterocycles. The first-order valence-corrected chi connectivity index (χ1v) is 8.41. The molecule has 20 heavy (non-hydrogen) atoms. The monoisotopic (exact) mass is 273 g/mol. The molecular formula is C19H31N. The van der Waals surface area contributed by atoms with Crippen LogP contribution in [-0.4, -0.2) is 6.04 Å². The summed E-state index contributed by atoms with van der Waals surface area (Å²) in [5.41, 5.74) is 4.23. The fourth-order valence-electron chi connectivity index (χ4n) is 3.66. The van der Waals surface area contributed by atoms with Crippen molar-refractivity contribution in [3.05, 3.63) is 34.9 Å². The molecule has 1 unspecified atom stereocenters. The Morgan fingerprint density at radius 1 is 1.00 bits per heavy atom. The van der Waals surface area contributed by atoms with Crippen LogP contribution >= 0.6 is 0 Å². The van der Waals surface area contributed by atoms with Crippen molar-refractivity contribution in [2.75, 3.05) is 0 Å². The Kier molecular flexibility index (Phi) is 5.65. The molecule has 1 aliphatic rings. The SMILES string of the molecule is Cc1ccc(C)c(C(C)N[C@@H](C)C2CCCCCC2)c1. The molecule has 0 bridgehead atoms. The van der Waals surface area contributed by atoms with Crippen LogP contribution in [0, 0.1) is 19.8 Å². The van der Waals surface area contributed by atoms with Crippen LogP contribution in [0.5, 0.6) is 0 Å². The minimum absolute atomic E-state index is 0.452. The second-order valence-electron chi connectivity index (χ2n) is 6.79. The summed E-state index contributed by atoms with van der Waals surface area (Å²) in [6, 6.07) is 7.88. The molecule has 0 heterocycles. The van der Waals surface area contributed by atoms with E-state index < -0.39 is 0 Å². The number of rotatable bonds is 4. The van der Waals surface area contributed by atoms with Gasteiger partial charge in [0.05, 0.1) is 0 Å². The fraction of sp³-hybridized carbons (Fsp3) is 0.684. The van der Waals surface area contributed by atoms with Gasteiger partial charge in [0.1, 0.15) is 0 Å². The molecule has 2 atom stereocenters. The van der Waals surface area contributed by atoms with E-state index in [0.717, 1.165) is 5.92 Å². The number of benzene rings is 1. The molecule has 1 aromatic rings. The van der Waals surface area contributed by atoms with Gasteiger partial charge in [-0.1, -0.05) is 49.4 Å². The molecule has 0 radical (unpaired) electrons. The van der Waals surface area contributed by atoms with Gasteiger partial charge < -0.3 is 5.32 Å². The summed E-state index contributed by atoms with van der Waals surface area (Å²) in [5.74, 6) is 0.866. The van der Waals surface area contributed by atoms with Crippen LogP contribution in [0.2, 0.25) is 0 Å². The van der Waals surface area contributed by atoms with Crippen molar-refractivity contribution in [1.29, 1.82) is 0 Å². The minimum Gasteiger partial charge on any atom is -0.307 e. The van der Waals surface area contributed by atoms with Crippen molar-refractivity contribution < 1.29 is 0 Å². The van der Waals surface area contributed by atoms with Gasteiger partial charge in [-0.05, 0) is 57.6 Å². The van der Waals surface area contributed by atoms with Gasteiger partial charge in [0.25, 0.3) is 0 Å². The lowest BCUT2D eigenvalue weighted by Crippen LogP contribution is -2.35. The first-order chi connectivity index (χ1) is 9.58. The predicted octanol–water partition coefficient (Wildman–Crippen LogP) is 5.31. The third-order valence-corrected chi connectivity index (χ3v) is 5.02. The lowest BCUT2D eigenvalue weighted by Gasteiger charge is -2.28. The summed E-state index contributed by atoms with van der Waals surface area (Å²) in [5, 5.41) is 3.86. The first-order valence-electron chi connectivity index (χ1n) is 8.41. The number of hydrogen-bond acceptors (Lipinski definition) is 1. The average Bonchev–Trinajstić information content (AvgIpc) is 2.70. The van der Waals surface area contributed by atoms with Crippen molar-refractivity contribution in [1.82, 2.24) is 5.32 Å². The summed E-state index contributed by atoms with van der Waals surface area (Å²) in [7, 11) is 0. The van der Waals surface area contributed by atoms with E-state index in [9.17, 15) is 0 Å². The Hall–Kier alpha value is -0.820. The van der Waals surface area contributed by atoms with Crippen molar-refractivity contribution in [2.24, 2.45) is 5.92 Å². The smallest absolute Gasteiger partial charge is 0.0297 e. The van der Waals surface area contributed by atoms with E-state index in [0.29, 0.717) is 12.1 Å². The quantitative estimate of drug-likeness (QED) is 0.733. The molecule has 1 fully saturated rings. The van der Waals surface area contributed by atoms with E-state index in [1.807, 2.05) is 0 Å². The standard InChI is InChI=1S/C19H31N/c1-14-11-12-15(2)19(13-14)17(4)20-16(3)18-9-7-5-6-8-10-18/h11-13,16-18,20H,5-10H2,1-4H3/t16-,17?/m0/s1. The third kappa shape index (κ3) is 4.09. The van der Waals surface area contributed by atoms with Crippen LogP contribution in [0.15, 0.2) is 18.2 Å². The zero-order valence-corrected chi connectivity index (χ0v) is 13.7. The second-order valence-corrected chi connectivity index (χ2v) is 6.79. The molecule has 0 amide bonds. The second kappa shape index (κ2) is 7.26. The van der Waals surface area contributed by atoms with Crippen LogP contribution in [-0.2, 0) is 0 Å². The summed E-state index contributed by atoms with van der Waals surface area (Å²) >= 11 is 0. The molecule has 1 N–H and O–H groups in total. The van der Waals surface area contributed by atoms with Crippen molar-refractivity contribution in [3.8, 4) is 0 Å². The summed E-state index contributed by atoms with van der Waals surface area (Å²) in [4.78, 5) is 0. The lowest BCUT2D eigenvalue weighted by atomic mass is 9.91. The largest absolute Gasteiger partial charge is 0.307 e. The van der Waals surface area contributed by atoms with E-state index in [-0.39, 0.29) is 0 Å². The van der Waals surface area contributed by atoms with Crippen LogP contribution < -0.4 is 5.32 Å². The average molecular weight is 273 g/mol. The molecule has 2 rings (SSSR count). The third-order valence-electron chi connectivity index (χ3n) is 5.02. The fourth-order valence-corrected chi connectivity index (χ4v) is 3.66. The molecule has 1 heteroatoms. The predicted molar refractivity (Wildman–Crippen MR) is 88.1 cm³/mol. The maximum Gasteiger partial charge on any atom is 0.0297 e. The zero-order valence-electron chi connectivity index (χ0n) is 13.7. The topological polar surface area (TPSA) is 12.0 Å². The van der Waals surface area contributed by atoms with Crippen molar-refractivity contribution >= 4 is 0 Å². The molecule has 1 aromatic carbocycles. The number of hydrogen-bond donors (Lipinski definition) is 1. The molecule has 0 spiro atoms. The lowest BCUT2D eigenvalue weighted by molar-refractivity contribution is 0.316. The normalized spacial score (nSPS) is 20.4. The molecular weight excluding hydrogens is 242 g/mol. The summed E-state index contributed by atoms with van der Waals surface area (Å²) < 4.78 is 0. The van der Waals surface area contributed by atoms with Gasteiger partial charge in [-0.2, -0.15) is 0 Å². The number of nitrogens with one attached hydrogen (secondary N) is 1. The Bertz CT molecular complexity index is 416. The van der Waals surface area contributed by atoms with E-state index in [2.05, 4.69) is 51.2 Å². The summed E-state index contributed by atoms with van der Waals surface area (Å²) in [6.07, 6.45) is 8.55. The van der Waals surface area contributed by atoms with Crippen molar-refractivity contribution in [2.45, 2.75) is 78.3 Å². The molecule has 1 saturated carbocycles. The number of aryl methyl sites for hydroxylation is 2. The van der Waals surface area contributed by atoms with E-state index in [1.54, 1.807) is 0 Å². The first kappa shape index (κ1) is 15.6. The van der Waals surface area contributed by atoms with Gasteiger partial charge in [0.2, 0.25) is 0 Å². The van der Waals surface area contributed by atoms with E-state index in [4.69, 9.17) is 0 Å². The highest BCUT2D eigenvalue weighted by Crippen LogP contribution is 2.27. The maximum atomic E-state index is 3.86. The van der Waals surface area contributed by atoms with Gasteiger partial charge in [-0.15, -0.1) is 0 Å². The van der Waals surface area contributed by atoms with Gasteiger partial charge in [-0.3, -0.25) is 0 Å². The van der Waals surface area contributed by atoms with Crippen LogP contribution in [0.1, 0.15) is 75.1 Å². The van der Waals surface area contributed by atoms with Gasteiger partial charge in [0.15, 0.2) is 0 Å². The Morgan fingerprint density at radius 2 is 1.65 bits per heavy atom. The molecule has 1 nitrogen and oxygen atoms in total. The zero-order chi connectivity index (χ0) is 14.5. The van der Waals surface area contributed by atoms with Gasteiger partial charge in [-0.25, -0.2) is 0 Å². The molecule has 0 saturated heterocycles. The maximum absolute atomic E-state index is 3.86. The highest BCUT2D eigenvalue weighted by Gasteiger charge is 2.21. The Morgan fingerprint density at radius 3 is 2.30 bits per heavy atom. The summed E-state index contributed by atoms with van der Waals surface area (Å²) in [6.45, 7) is 9.11. The molecule has 0 aromatic heterocycles. The Labute approximate surface area is 125 Å². The van der Waals surface area contributed by atoms with Crippen LogP contribution in [0.4, 0.5) is 0 Å². The highest BCUT2D eigenvalue weighted by atomic mass is 14.9. The van der Waals surface area contributed by atoms with Crippen molar-refractivity contribution in [3.63, 3.8) is 0 Å². The minimum atomic E-state index is 0.452.